The van der Waals surface area contributed by atoms with Crippen LogP contribution in [0.2, 0.25) is 10.0 Å². The summed E-state index contributed by atoms with van der Waals surface area (Å²) in [5.74, 6) is 1.02. The molecule has 0 aromatic heterocycles. The highest BCUT2D eigenvalue weighted by molar-refractivity contribution is 6.35. The molecule has 1 fully saturated rings. The average Bonchev–Trinajstić information content (AvgIpc) is 2.83. The maximum atomic E-state index is 9.80. The molecule has 0 aliphatic heterocycles. The number of aromatic hydroxyl groups is 1. The summed E-state index contributed by atoms with van der Waals surface area (Å²) in [7, 11) is 0. The zero-order chi connectivity index (χ0) is 13.0. The van der Waals surface area contributed by atoms with Crippen molar-refractivity contribution in [2.75, 3.05) is 6.54 Å². The van der Waals surface area contributed by atoms with E-state index in [9.17, 15) is 5.11 Å². The molecule has 0 bridgehead atoms. The molecule has 0 radical (unpaired) electrons. The van der Waals surface area contributed by atoms with E-state index in [0.717, 1.165) is 18.0 Å². The Morgan fingerprint density at radius 1 is 1.22 bits per heavy atom. The van der Waals surface area contributed by atoms with Gasteiger partial charge in [-0.1, -0.05) is 48.9 Å². The molecule has 0 unspecified atom stereocenters. The van der Waals surface area contributed by atoms with Crippen molar-refractivity contribution in [1.29, 1.82) is 0 Å². The molecule has 1 aliphatic rings. The van der Waals surface area contributed by atoms with E-state index in [-0.39, 0.29) is 5.75 Å². The lowest BCUT2D eigenvalue weighted by atomic mass is 10.0. The smallest absolute Gasteiger partial charge is 0.138 e. The monoisotopic (exact) mass is 287 g/mol. The van der Waals surface area contributed by atoms with E-state index in [4.69, 9.17) is 23.2 Å². The second kappa shape index (κ2) is 6.65. The standard InChI is InChI=1S/C14H19Cl2NO/c15-12-7-11(14(18)13(16)8-12)9-17-6-5-10-3-1-2-4-10/h7-8,10,17-18H,1-6,9H2. The van der Waals surface area contributed by atoms with E-state index in [1.807, 2.05) is 0 Å². The normalized spacial score (nSPS) is 16.3. The molecule has 100 valence electrons. The molecule has 0 spiro atoms. The summed E-state index contributed by atoms with van der Waals surface area (Å²) in [6.07, 6.45) is 6.73. The Labute approximate surface area is 118 Å². The summed E-state index contributed by atoms with van der Waals surface area (Å²) >= 11 is 11.8. The lowest BCUT2D eigenvalue weighted by molar-refractivity contribution is 0.455. The van der Waals surface area contributed by atoms with Crippen molar-refractivity contribution in [2.24, 2.45) is 5.92 Å². The van der Waals surface area contributed by atoms with Crippen LogP contribution in [0.4, 0.5) is 0 Å². The molecule has 1 aromatic carbocycles. The highest BCUT2D eigenvalue weighted by atomic mass is 35.5. The molecule has 0 atom stereocenters. The van der Waals surface area contributed by atoms with Crippen LogP contribution in [0.3, 0.4) is 0 Å². The number of phenols is 1. The van der Waals surface area contributed by atoms with Crippen LogP contribution in [0.15, 0.2) is 12.1 Å². The van der Waals surface area contributed by atoms with Gasteiger partial charge in [0.15, 0.2) is 0 Å². The van der Waals surface area contributed by atoms with E-state index in [0.29, 0.717) is 16.6 Å². The molecular formula is C14H19Cl2NO. The molecule has 1 aliphatic carbocycles. The number of benzene rings is 1. The second-order valence-electron chi connectivity index (χ2n) is 5.01. The number of halogens is 2. The fourth-order valence-electron chi connectivity index (χ4n) is 2.58. The molecule has 1 aromatic rings. The van der Waals surface area contributed by atoms with Gasteiger partial charge in [0, 0.05) is 17.1 Å². The number of phenolic OH excluding ortho intramolecular Hbond substituents is 1. The number of hydrogen-bond acceptors (Lipinski definition) is 2. The minimum absolute atomic E-state index is 0.134. The zero-order valence-corrected chi connectivity index (χ0v) is 11.9. The zero-order valence-electron chi connectivity index (χ0n) is 10.4. The van der Waals surface area contributed by atoms with Crippen molar-refractivity contribution in [3.8, 4) is 5.75 Å². The largest absolute Gasteiger partial charge is 0.506 e. The summed E-state index contributed by atoms with van der Waals surface area (Å²) in [4.78, 5) is 0. The van der Waals surface area contributed by atoms with Crippen molar-refractivity contribution in [2.45, 2.75) is 38.6 Å². The summed E-state index contributed by atoms with van der Waals surface area (Å²) < 4.78 is 0. The van der Waals surface area contributed by atoms with Gasteiger partial charge in [-0.05, 0) is 31.0 Å². The Balaban J connectivity index is 1.79. The Bertz CT molecular complexity index is 403. The predicted molar refractivity (Wildman–Crippen MR) is 76.4 cm³/mol. The van der Waals surface area contributed by atoms with Crippen molar-refractivity contribution < 1.29 is 5.11 Å². The van der Waals surface area contributed by atoms with Crippen LogP contribution < -0.4 is 5.32 Å². The minimum atomic E-state index is 0.134. The Hall–Kier alpha value is -0.440. The van der Waals surface area contributed by atoms with Crippen LogP contribution in [0.25, 0.3) is 0 Å². The molecule has 0 amide bonds. The lowest BCUT2D eigenvalue weighted by Crippen LogP contribution is -2.17. The van der Waals surface area contributed by atoms with Crippen molar-refractivity contribution >= 4 is 23.2 Å². The quantitative estimate of drug-likeness (QED) is 0.789. The lowest BCUT2D eigenvalue weighted by Gasteiger charge is -2.11. The van der Waals surface area contributed by atoms with Gasteiger partial charge in [0.05, 0.1) is 5.02 Å². The van der Waals surface area contributed by atoms with Crippen LogP contribution in [0.1, 0.15) is 37.7 Å². The highest BCUT2D eigenvalue weighted by Gasteiger charge is 2.14. The van der Waals surface area contributed by atoms with Crippen molar-refractivity contribution in [3.05, 3.63) is 27.7 Å². The van der Waals surface area contributed by atoms with Gasteiger partial charge in [-0.25, -0.2) is 0 Å². The molecule has 0 heterocycles. The third kappa shape index (κ3) is 3.78. The van der Waals surface area contributed by atoms with Crippen LogP contribution in [0, 0.1) is 5.92 Å². The van der Waals surface area contributed by atoms with Crippen LogP contribution >= 0.6 is 23.2 Å². The van der Waals surface area contributed by atoms with Gasteiger partial charge in [-0.3, -0.25) is 0 Å². The first-order valence-electron chi connectivity index (χ1n) is 6.54. The molecule has 0 saturated heterocycles. The number of rotatable bonds is 5. The summed E-state index contributed by atoms with van der Waals surface area (Å²) in [5, 5.41) is 14.0. The van der Waals surface area contributed by atoms with Crippen LogP contribution in [-0.4, -0.2) is 11.7 Å². The third-order valence-electron chi connectivity index (χ3n) is 3.63. The van der Waals surface area contributed by atoms with Gasteiger partial charge in [0.25, 0.3) is 0 Å². The van der Waals surface area contributed by atoms with Gasteiger partial charge in [0.2, 0.25) is 0 Å². The van der Waals surface area contributed by atoms with Crippen molar-refractivity contribution in [3.63, 3.8) is 0 Å². The SMILES string of the molecule is Oc1c(Cl)cc(Cl)cc1CNCCC1CCCC1. The van der Waals surface area contributed by atoms with Gasteiger partial charge >= 0.3 is 0 Å². The molecule has 2 rings (SSSR count). The van der Waals surface area contributed by atoms with Crippen molar-refractivity contribution in [1.82, 2.24) is 5.32 Å². The first-order chi connectivity index (χ1) is 8.66. The van der Waals surface area contributed by atoms with E-state index < -0.39 is 0 Å². The Kier molecular flexibility index (Phi) is 5.16. The average molecular weight is 288 g/mol. The first-order valence-corrected chi connectivity index (χ1v) is 7.30. The Morgan fingerprint density at radius 2 is 1.94 bits per heavy atom. The van der Waals surface area contributed by atoms with E-state index in [2.05, 4.69) is 5.32 Å². The summed E-state index contributed by atoms with van der Waals surface area (Å²) in [6.45, 7) is 1.59. The highest BCUT2D eigenvalue weighted by Crippen LogP contribution is 2.31. The first kappa shape index (κ1) is 14.0. The third-order valence-corrected chi connectivity index (χ3v) is 4.13. The van der Waals surface area contributed by atoms with Gasteiger partial charge < -0.3 is 10.4 Å². The number of hydrogen-bond donors (Lipinski definition) is 2. The maximum absolute atomic E-state index is 9.80. The fraction of sp³-hybridized carbons (Fsp3) is 0.571. The van der Waals surface area contributed by atoms with Gasteiger partial charge in [0.1, 0.15) is 5.75 Å². The minimum Gasteiger partial charge on any atom is -0.506 e. The molecule has 2 nitrogen and oxygen atoms in total. The Morgan fingerprint density at radius 3 is 2.67 bits per heavy atom. The summed E-state index contributed by atoms with van der Waals surface area (Å²) in [5.41, 5.74) is 0.763. The van der Waals surface area contributed by atoms with Crippen LogP contribution in [0.5, 0.6) is 5.75 Å². The van der Waals surface area contributed by atoms with Gasteiger partial charge in [-0.15, -0.1) is 0 Å². The summed E-state index contributed by atoms with van der Waals surface area (Å²) in [6, 6.07) is 3.31. The second-order valence-corrected chi connectivity index (χ2v) is 5.85. The molecule has 4 heteroatoms. The van der Waals surface area contributed by atoms with Gasteiger partial charge in [-0.2, -0.15) is 0 Å². The number of nitrogens with one attached hydrogen (secondary N) is 1. The van der Waals surface area contributed by atoms with E-state index in [1.54, 1.807) is 12.1 Å². The molecule has 18 heavy (non-hydrogen) atoms. The van der Waals surface area contributed by atoms with Crippen LogP contribution in [-0.2, 0) is 6.54 Å². The molecule has 1 saturated carbocycles. The molecular weight excluding hydrogens is 269 g/mol. The predicted octanol–water partition coefficient (Wildman–Crippen LogP) is 4.37. The molecule has 2 N–H and O–H groups in total. The topological polar surface area (TPSA) is 32.3 Å². The fourth-order valence-corrected chi connectivity index (χ4v) is 3.12. The van der Waals surface area contributed by atoms with E-state index >= 15 is 0 Å². The maximum Gasteiger partial charge on any atom is 0.138 e. The van der Waals surface area contributed by atoms with E-state index in [1.165, 1.54) is 32.1 Å².